The van der Waals surface area contributed by atoms with E-state index in [1.165, 1.54) is 4.80 Å². The zero-order valence-electron chi connectivity index (χ0n) is 17.2. The number of rotatable bonds is 5. The number of hydrogen-bond acceptors (Lipinski definition) is 5. The first kappa shape index (κ1) is 20.5. The van der Waals surface area contributed by atoms with E-state index >= 15 is 0 Å². The maximum Gasteiger partial charge on any atom is 0.256 e. The zero-order valence-corrected chi connectivity index (χ0v) is 18.0. The molecule has 1 aromatic carbocycles. The van der Waals surface area contributed by atoms with Crippen LogP contribution in [0.5, 0.6) is 0 Å². The summed E-state index contributed by atoms with van der Waals surface area (Å²) in [7, 11) is 0. The number of benzene rings is 1. The Balaban J connectivity index is 1.59. The van der Waals surface area contributed by atoms with Crippen LogP contribution in [0, 0.1) is 12.8 Å². The molecule has 1 aliphatic heterocycles. The van der Waals surface area contributed by atoms with Gasteiger partial charge in [0.2, 0.25) is 0 Å². The van der Waals surface area contributed by atoms with E-state index < -0.39 is 0 Å². The Hall–Kier alpha value is -2.80. The third kappa shape index (κ3) is 4.36. The molecule has 1 fully saturated rings. The van der Waals surface area contributed by atoms with Crippen molar-refractivity contribution in [1.82, 2.24) is 29.9 Å². The van der Waals surface area contributed by atoms with E-state index in [4.69, 9.17) is 11.6 Å². The van der Waals surface area contributed by atoms with E-state index in [0.717, 1.165) is 37.2 Å². The number of aromatic nitrogens is 5. The van der Waals surface area contributed by atoms with Crippen LogP contribution in [0.1, 0.15) is 47.9 Å². The fourth-order valence-electron chi connectivity index (χ4n) is 4.17. The van der Waals surface area contributed by atoms with Gasteiger partial charge in [-0.3, -0.25) is 4.79 Å². The highest BCUT2D eigenvalue weighted by Gasteiger charge is 2.33. The summed E-state index contributed by atoms with van der Waals surface area (Å²) in [5.74, 6) is 1.18. The summed E-state index contributed by atoms with van der Waals surface area (Å²) in [5.41, 5.74) is 2.39. The van der Waals surface area contributed by atoms with Crippen LogP contribution in [-0.2, 0) is 6.42 Å². The molecule has 3 heterocycles. The van der Waals surface area contributed by atoms with Gasteiger partial charge in [-0.2, -0.15) is 15.0 Å². The van der Waals surface area contributed by atoms with Crippen molar-refractivity contribution in [3.8, 4) is 5.69 Å². The molecule has 2 aromatic heterocycles. The van der Waals surface area contributed by atoms with E-state index in [0.29, 0.717) is 28.6 Å². The van der Waals surface area contributed by atoms with Gasteiger partial charge in [-0.25, -0.2) is 9.97 Å². The van der Waals surface area contributed by atoms with E-state index in [1.54, 1.807) is 24.8 Å². The number of carbonyl (C=O) groups is 1. The third-order valence-corrected chi connectivity index (χ3v) is 5.93. The summed E-state index contributed by atoms with van der Waals surface area (Å²) in [5, 5.41) is 9.01. The van der Waals surface area contributed by atoms with Crippen LogP contribution in [0.4, 0.5) is 0 Å². The van der Waals surface area contributed by atoms with Crippen molar-refractivity contribution in [1.29, 1.82) is 0 Å². The Morgan fingerprint density at radius 1 is 1.20 bits per heavy atom. The summed E-state index contributed by atoms with van der Waals surface area (Å²) in [6, 6.07) is 5.93. The Bertz CT molecular complexity index is 1000. The standard InChI is InChI=1S/C22H25ClN6O/c1-15-5-6-18(20(12-15)29-26-9-10-27-29)22(30)28-11-3-4-16(2)19(28)7-8-21-24-13-17(23)14-25-21/h5-6,9-10,12-14,16,19H,3-4,7-8,11H2,1-2H3/t16-,19-/m1/s1. The molecule has 0 N–H and O–H groups in total. The van der Waals surface area contributed by atoms with Crippen LogP contribution >= 0.6 is 11.6 Å². The van der Waals surface area contributed by atoms with Crippen molar-refractivity contribution in [2.45, 2.75) is 45.6 Å². The number of hydrogen-bond donors (Lipinski definition) is 0. The normalized spacial score (nSPS) is 19.1. The molecule has 0 unspecified atom stereocenters. The minimum Gasteiger partial charge on any atom is -0.335 e. The molecule has 0 spiro atoms. The largest absolute Gasteiger partial charge is 0.335 e. The number of nitrogens with zero attached hydrogens (tertiary/aromatic N) is 6. The predicted molar refractivity (Wildman–Crippen MR) is 115 cm³/mol. The lowest BCUT2D eigenvalue weighted by Gasteiger charge is -2.40. The van der Waals surface area contributed by atoms with Crippen molar-refractivity contribution in [2.24, 2.45) is 5.92 Å². The summed E-state index contributed by atoms with van der Waals surface area (Å²) in [6.07, 6.45) is 10.1. The fraction of sp³-hybridized carbons (Fsp3) is 0.409. The molecule has 1 amide bonds. The van der Waals surface area contributed by atoms with Gasteiger partial charge in [0.05, 0.1) is 28.7 Å². The molecule has 30 heavy (non-hydrogen) atoms. The molecule has 7 nitrogen and oxygen atoms in total. The maximum atomic E-state index is 13.6. The monoisotopic (exact) mass is 424 g/mol. The van der Waals surface area contributed by atoms with E-state index in [1.807, 2.05) is 30.0 Å². The second-order valence-electron chi connectivity index (χ2n) is 7.88. The van der Waals surface area contributed by atoms with Gasteiger partial charge >= 0.3 is 0 Å². The van der Waals surface area contributed by atoms with Crippen LogP contribution < -0.4 is 0 Å². The van der Waals surface area contributed by atoms with Gasteiger partial charge in [0, 0.05) is 31.4 Å². The Kier molecular flexibility index (Phi) is 6.08. The molecule has 156 valence electrons. The highest BCUT2D eigenvalue weighted by Crippen LogP contribution is 2.29. The predicted octanol–water partition coefficient (Wildman–Crippen LogP) is 3.89. The van der Waals surface area contributed by atoms with E-state index in [9.17, 15) is 4.79 Å². The van der Waals surface area contributed by atoms with Gasteiger partial charge in [0.1, 0.15) is 5.82 Å². The van der Waals surface area contributed by atoms with Gasteiger partial charge in [-0.05, 0) is 49.8 Å². The first-order valence-electron chi connectivity index (χ1n) is 10.3. The number of carbonyl (C=O) groups excluding carboxylic acids is 1. The van der Waals surface area contributed by atoms with Crippen LogP contribution in [0.3, 0.4) is 0 Å². The van der Waals surface area contributed by atoms with E-state index in [-0.39, 0.29) is 11.9 Å². The summed E-state index contributed by atoms with van der Waals surface area (Å²) < 4.78 is 0. The SMILES string of the molecule is Cc1ccc(C(=O)N2CCC[C@@H](C)[C@H]2CCc2ncc(Cl)cn2)c(-n2nccn2)c1. The third-order valence-electron chi connectivity index (χ3n) is 5.73. The smallest absolute Gasteiger partial charge is 0.256 e. The zero-order chi connectivity index (χ0) is 21.1. The Morgan fingerprint density at radius 3 is 2.67 bits per heavy atom. The van der Waals surface area contributed by atoms with Crippen molar-refractivity contribution in [3.63, 3.8) is 0 Å². The number of aryl methyl sites for hydroxylation is 2. The van der Waals surface area contributed by atoms with Crippen LogP contribution in [-0.4, -0.2) is 48.4 Å². The Morgan fingerprint density at radius 2 is 1.93 bits per heavy atom. The van der Waals surface area contributed by atoms with E-state index in [2.05, 4.69) is 27.1 Å². The summed E-state index contributed by atoms with van der Waals surface area (Å²) in [4.78, 5) is 25.8. The first-order chi connectivity index (χ1) is 14.5. The van der Waals surface area contributed by atoms with Crippen LogP contribution in [0.2, 0.25) is 5.02 Å². The second-order valence-corrected chi connectivity index (χ2v) is 8.32. The molecule has 0 aliphatic carbocycles. The molecular weight excluding hydrogens is 400 g/mol. The van der Waals surface area contributed by atoms with Crippen LogP contribution in [0.25, 0.3) is 5.69 Å². The lowest BCUT2D eigenvalue weighted by molar-refractivity contribution is 0.0498. The molecule has 2 atom stereocenters. The molecular formula is C22H25ClN6O. The molecule has 0 saturated carbocycles. The molecule has 3 aromatic rings. The molecule has 0 bridgehead atoms. The molecule has 4 rings (SSSR count). The maximum absolute atomic E-state index is 13.6. The van der Waals surface area contributed by atoms with Crippen molar-refractivity contribution >= 4 is 17.5 Å². The van der Waals surface area contributed by atoms with Crippen molar-refractivity contribution in [2.75, 3.05) is 6.54 Å². The van der Waals surface area contributed by atoms with Gasteiger partial charge in [0.25, 0.3) is 5.91 Å². The molecule has 1 aliphatic rings. The minimum absolute atomic E-state index is 0.0240. The van der Waals surface area contributed by atoms with Gasteiger partial charge < -0.3 is 4.90 Å². The highest BCUT2D eigenvalue weighted by molar-refractivity contribution is 6.30. The average Bonchev–Trinajstić information content (AvgIpc) is 3.28. The minimum atomic E-state index is 0.0240. The van der Waals surface area contributed by atoms with Crippen molar-refractivity contribution in [3.05, 3.63) is 65.0 Å². The fourth-order valence-corrected chi connectivity index (χ4v) is 4.27. The lowest BCUT2D eigenvalue weighted by Crippen LogP contribution is -2.48. The number of piperidine rings is 1. The summed E-state index contributed by atoms with van der Waals surface area (Å²) in [6.45, 7) is 4.96. The van der Waals surface area contributed by atoms with Crippen LogP contribution in [0.15, 0.2) is 43.0 Å². The van der Waals surface area contributed by atoms with Crippen molar-refractivity contribution < 1.29 is 4.79 Å². The quantitative estimate of drug-likeness (QED) is 0.620. The molecule has 1 saturated heterocycles. The topological polar surface area (TPSA) is 76.8 Å². The number of likely N-dealkylation sites (tertiary alicyclic amines) is 1. The van der Waals surface area contributed by atoms with Gasteiger partial charge in [-0.1, -0.05) is 24.6 Å². The average molecular weight is 425 g/mol. The summed E-state index contributed by atoms with van der Waals surface area (Å²) >= 11 is 5.89. The first-order valence-corrected chi connectivity index (χ1v) is 10.7. The van der Waals surface area contributed by atoms with Gasteiger partial charge in [-0.15, -0.1) is 0 Å². The molecule has 0 radical (unpaired) electrons. The lowest BCUT2D eigenvalue weighted by atomic mass is 9.87. The number of halogens is 1. The Labute approximate surface area is 181 Å². The molecule has 8 heteroatoms. The second kappa shape index (κ2) is 8.92. The van der Waals surface area contributed by atoms with Gasteiger partial charge in [0.15, 0.2) is 0 Å². The number of amides is 1. The highest BCUT2D eigenvalue weighted by atomic mass is 35.5.